The van der Waals surface area contributed by atoms with E-state index in [-0.39, 0.29) is 17.4 Å². The molecule has 11 heteroatoms. The predicted molar refractivity (Wildman–Crippen MR) is 86.4 cm³/mol. The Balaban J connectivity index is 2.07. The molecule has 10 nitrogen and oxygen atoms in total. The van der Waals surface area contributed by atoms with Crippen molar-refractivity contribution in [2.45, 2.75) is 20.8 Å². The average Bonchev–Trinajstić information content (AvgIpc) is 2.83. The molecule has 0 aliphatic rings. The summed E-state index contributed by atoms with van der Waals surface area (Å²) in [5.74, 6) is -0.360. The quantitative estimate of drug-likeness (QED) is 0.678. The molecule has 0 aliphatic heterocycles. The highest BCUT2D eigenvalue weighted by Gasteiger charge is 2.17. The van der Waals surface area contributed by atoms with Crippen LogP contribution < -0.4 is 14.9 Å². The molecule has 2 rings (SSSR count). The van der Waals surface area contributed by atoms with Gasteiger partial charge in [0.05, 0.1) is 0 Å². The summed E-state index contributed by atoms with van der Waals surface area (Å²) in [6.45, 7) is 4.72. The van der Waals surface area contributed by atoms with Gasteiger partial charge in [0.25, 0.3) is 0 Å². The zero-order chi connectivity index (χ0) is 17.9. The van der Waals surface area contributed by atoms with Gasteiger partial charge < -0.3 is 0 Å². The lowest BCUT2D eigenvalue weighted by molar-refractivity contribution is 0.101. The third-order valence-electron chi connectivity index (χ3n) is 2.76. The number of amides is 2. The molecular formula is C13H16N6O4S. The Hall–Kier alpha value is -2.95. The molecule has 2 heterocycles. The largest absolute Gasteiger partial charge is 0.338 e. The minimum atomic E-state index is -4.26. The van der Waals surface area contributed by atoms with Crippen molar-refractivity contribution in [3.63, 3.8) is 0 Å². The Labute approximate surface area is 138 Å². The number of nitrogens with zero attached hydrogens (tertiary/aromatic N) is 3. The number of carbonyl (C=O) groups excluding carboxylic acids is 2. The van der Waals surface area contributed by atoms with Gasteiger partial charge in [-0.3, -0.25) is 10.1 Å². The topological polar surface area (TPSA) is 135 Å². The van der Waals surface area contributed by atoms with E-state index in [2.05, 4.69) is 15.3 Å². The van der Waals surface area contributed by atoms with Gasteiger partial charge in [-0.2, -0.15) is 8.42 Å². The van der Waals surface area contributed by atoms with E-state index >= 15 is 0 Å². The number of urea groups is 1. The lowest BCUT2D eigenvalue weighted by atomic mass is 10.3. The smallest absolute Gasteiger partial charge is 0.293 e. The maximum absolute atomic E-state index is 12.0. The van der Waals surface area contributed by atoms with E-state index in [1.54, 1.807) is 24.6 Å². The molecule has 2 aromatic heterocycles. The Kier molecular flexibility index (Phi) is 4.83. The Morgan fingerprint density at radius 1 is 1.17 bits per heavy atom. The molecule has 24 heavy (non-hydrogen) atoms. The average molecular weight is 352 g/mol. The second kappa shape index (κ2) is 6.66. The summed E-state index contributed by atoms with van der Waals surface area (Å²) in [6, 6.07) is 3.59. The highest BCUT2D eigenvalue weighted by Crippen LogP contribution is 2.04. The second-order valence-electron chi connectivity index (χ2n) is 4.94. The van der Waals surface area contributed by atoms with Crippen LogP contribution in [0.25, 0.3) is 0 Å². The predicted octanol–water partition coefficient (Wildman–Crippen LogP) is 0.708. The Morgan fingerprint density at radius 3 is 2.38 bits per heavy atom. The molecule has 2 aromatic rings. The number of hydrogen-bond donors (Lipinski definition) is 3. The van der Waals surface area contributed by atoms with Crippen LogP contribution in [0.2, 0.25) is 0 Å². The molecule has 0 spiro atoms. The van der Waals surface area contributed by atoms with E-state index in [0.29, 0.717) is 11.4 Å². The minimum absolute atomic E-state index is 0.0226. The first-order valence-corrected chi connectivity index (χ1v) is 8.27. The summed E-state index contributed by atoms with van der Waals surface area (Å²) in [4.78, 5) is 33.1. The van der Waals surface area contributed by atoms with Gasteiger partial charge in [0.2, 0.25) is 5.95 Å². The fraction of sp³-hybridized carbons (Fsp3) is 0.231. The van der Waals surface area contributed by atoms with Gasteiger partial charge in [-0.05, 0) is 32.0 Å². The zero-order valence-electron chi connectivity index (χ0n) is 13.2. The summed E-state index contributed by atoms with van der Waals surface area (Å²) in [5.41, 5.74) is 1.37. The Bertz CT molecular complexity index is 869. The molecule has 0 saturated carbocycles. The maximum atomic E-state index is 12.0. The molecule has 0 radical (unpaired) electrons. The zero-order valence-corrected chi connectivity index (χ0v) is 14.0. The molecule has 0 saturated heterocycles. The maximum Gasteiger partial charge on any atom is 0.338 e. The molecule has 0 atom stereocenters. The third kappa shape index (κ3) is 4.52. The minimum Gasteiger partial charge on any atom is -0.293 e. The van der Waals surface area contributed by atoms with Crippen molar-refractivity contribution >= 4 is 28.0 Å². The van der Waals surface area contributed by atoms with Crippen LogP contribution >= 0.6 is 0 Å². The molecule has 0 fully saturated rings. The van der Waals surface area contributed by atoms with Crippen LogP contribution in [0, 0.1) is 13.8 Å². The van der Waals surface area contributed by atoms with Crippen LogP contribution in [0.15, 0.2) is 24.4 Å². The van der Waals surface area contributed by atoms with E-state index in [1.165, 1.54) is 25.3 Å². The van der Waals surface area contributed by atoms with Crippen LogP contribution in [0.3, 0.4) is 0 Å². The van der Waals surface area contributed by atoms with Crippen molar-refractivity contribution in [3.05, 3.63) is 41.5 Å². The summed E-state index contributed by atoms with van der Waals surface area (Å²) in [6.07, 6.45) is 1.33. The number of nitrogens with one attached hydrogen (secondary N) is 3. The van der Waals surface area contributed by atoms with Gasteiger partial charge >= 0.3 is 16.2 Å². The molecule has 2 amide bonds. The number of hydrogen-bond acceptors (Lipinski definition) is 6. The lowest BCUT2D eigenvalue weighted by Crippen LogP contribution is -2.41. The molecule has 3 N–H and O–H groups in total. The molecular weight excluding hydrogens is 336 g/mol. The monoisotopic (exact) mass is 352 g/mol. The van der Waals surface area contributed by atoms with Gasteiger partial charge in [-0.1, -0.05) is 0 Å². The summed E-state index contributed by atoms with van der Waals surface area (Å²) < 4.78 is 26.6. The first kappa shape index (κ1) is 17.4. The van der Waals surface area contributed by atoms with Crippen LogP contribution in [0.5, 0.6) is 0 Å². The lowest BCUT2D eigenvalue weighted by Gasteiger charge is -2.12. The van der Waals surface area contributed by atoms with E-state index in [0.717, 1.165) is 4.68 Å². The van der Waals surface area contributed by atoms with Gasteiger partial charge in [-0.25, -0.2) is 29.0 Å². The van der Waals surface area contributed by atoms with Crippen molar-refractivity contribution in [3.8, 4) is 0 Å². The van der Waals surface area contributed by atoms with E-state index in [4.69, 9.17) is 0 Å². The summed E-state index contributed by atoms with van der Waals surface area (Å²) >= 11 is 0. The summed E-state index contributed by atoms with van der Waals surface area (Å²) in [7, 11) is -4.26. The van der Waals surface area contributed by atoms with Crippen LogP contribution in [0.1, 0.15) is 28.8 Å². The van der Waals surface area contributed by atoms with Gasteiger partial charge in [0.15, 0.2) is 5.78 Å². The van der Waals surface area contributed by atoms with E-state index in [9.17, 15) is 18.0 Å². The Morgan fingerprint density at radius 2 is 1.79 bits per heavy atom. The molecule has 0 unspecified atom stereocenters. The first-order valence-electron chi connectivity index (χ1n) is 6.78. The number of Topliss-reactive ketones (excluding diaryl/α,β-unsaturated/α-hetero) is 1. The molecule has 0 bridgehead atoms. The van der Waals surface area contributed by atoms with Crippen molar-refractivity contribution in [2.75, 3.05) is 10.1 Å². The standard InChI is InChI=1S/C13H16N6O4S/c1-8-7-9(2)15-12(14-8)16-13(21)17-24(22,23)18-19-6-4-5-11(19)10(3)20/h4-7,18H,1-3H3,(H2,14,15,16,17,21). The van der Waals surface area contributed by atoms with Crippen LogP contribution in [0.4, 0.5) is 10.7 Å². The fourth-order valence-corrected chi connectivity index (χ4v) is 2.69. The molecule has 128 valence electrons. The highest BCUT2D eigenvalue weighted by atomic mass is 32.2. The summed E-state index contributed by atoms with van der Waals surface area (Å²) in [5, 5.41) is 2.23. The van der Waals surface area contributed by atoms with Crippen LogP contribution in [-0.4, -0.2) is 34.9 Å². The highest BCUT2D eigenvalue weighted by molar-refractivity contribution is 7.90. The fourth-order valence-electron chi connectivity index (χ4n) is 1.93. The van der Waals surface area contributed by atoms with Crippen molar-refractivity contribution in [1.82, 2.24) is 19.4 Å². The molecule has 0 aliphatic carbocycles. The SMILES string of the molecule is CC(=O)c1cccn1NS(=O)(=O)NC(=O)Nc1nc(C)cc(C)n1. The second-order valence-corrected chi connectivity index (χ2v) is 6.34. The van der Waals surface area contributed by atoms with Crippen molar-refractivity contribution in [2.24, 2.45) is 0 Å². The number of aryl methyl sites for hydroxylation is 2. The first-order chi connectivity index (χ1) is 11.2. The third-order valence-corrected chi connectivity index (χ3v) is 3.65. The number of rotatable bonds is 5. The van der Waals surface area contributed by atoms with E-state index < -0.39 is 16.2 Å². The number of carbonyl (C=O) groups is 2. The number of aromatic nitrogens is 3. The van der Waals surface area contributed by atoms with Gasteiger partial charge in [0.1, 0.15) is 5.69 Å². The van der Waals surface area contributed by atoms with Crippen molar-refractivity contribution < 1.29 is 18.0 Å². The van der Waals surface area contributed by atoms with E-state index in [1.807, 2.05) is 4.83 Å². The molecule has 0 aromatic carbocycles. The van der Waals surface area contributed by atoms with Crippen LogP contribution in [-0.2, 0) is 10.2 Å². The number of ketones is 1. The van der Waals surface area contributed by atoms with Crippen molar-refractivity contribution in [1.29, 1.82) is 0 Å². The number of anilines is 1. The normalized spacial score (nSPS) is 11.0. The van der Waals surface area contributed by atoms with Gasteiger partial charge in [0, 0.05) is 24.5 Å². The van der Waals surface area contributed by atoms with Gasteiger partial charge in [-0.15, -0.1) is 0 Å².